The molecule has 7 nitrogen and oxygen atoms in total. The first-order valence-corrected chi connectivity index (χ1v) is 9.56. The highest BCUT2D eigenvalue weighted by Gasteiger charge is 2.41. The van der Waals surface area contributed by atoms with Gasteiger partial charge in [-0.25, -0.2) is 9.37 Å². The molecule has 0 atom stereocenters. The van der Waals surface area contributed by atoms with Gasteiger partial charge < -0.3 is 19.5 Å². The Hall–Kier alpha value is -3.37. The Balaban J connectivity index is 1.44. The molecule has 0 bridgehead atoms. The minimum atomic E-state index is -4.18. The van der Waals surface area contributed by atoms with Crippen molar-refractivity contribution in [1.82, 2.24) is 15.1 Å². The molecule has 164 valence electrons. The summed E-state index contributed by atoms with van der Waals surface area (Å²) in [6.45, 7) is 0.438. The fourth-order valence-corrected chi connectivity index (χ4v) is 3.40. The number of anilines is 3. The van der Waals surface area contributed by atoms with Crippen LogP contribution in [-0.4, -0.2) is 41.5 Å². The average Bonchev–Trinajstić information content (AvgIpc) is 3.21. The SMILES string of the molecule is COc1ccc(-c2cc(Nc3ccnc(N4CCC(C(F)(F)F)CC4)n3)on2)c(F)c1. The lowest BCUT2D eigenvalue weighted by molar-refractivity contribution is -0.179. The van der Waals surface area contributed by atoms with Crippen molar-refractivity contribution < 1.29 is 26.8 Å². The van der Waals surface area contributed by atoms with Crippen LogP contribution in [0.25, 0.3) is 11.3 Å². The first-order valence-electron chi connectivity index (χ1n) is 9.56. The van der Waals surface area contributed by atoms with Crippen LogP contribution in [0.3, 0.4) is 0 Å². The van der Waals surface area contributed by atoms with E-state index in [9.17, 15) is 17.6 Å². The molecule has 1 aliphatic rings. The molecule has 0 spiro atoms. The van der Waals surface area contributed by atoms with E-state index in [-0.39, 0.29) is 43.1 Å². The van der Waals surface area contributed by atoms with Crippen LogP contribution in [-0.2, 0) is 0 Å². The highest BCUT2D eigenvalue weighted by atomic mass is 19.4. The van der Waals surface area contributed by atoms with Gasteiger partial charge >= 0.3 is 6.18 Å². The van der Waals surface area contributed by atoms with Crippen LogP contribution in [0, 0.1) is 11.7 Å². The van der Waals surface area contributed by atoms with Crippen LogP contribution in [0.1, 0.15) is 12.8 Å². The van der Waals surface area contributed by atoms with E-state index in [2.05, 4.69) is 20.4 Å². The van der Waals surface area contributed by atoms with Gasteiger partial charge in [0.25, 0.3) is 0 Å². The number of hydrogen-bond acceptors (Lipinski definition) is 7. The van der Waals surface area contributed by atoms with E-state index in [1.54, 1.807) is 17.0 Å². The Morgan fingerprint density at radius 3 is 2.61 bits per heavy atom. The number of halogens is 4. The lowest BCUT2D eigenvalue weighted by Crippen LogP contribution is -2.39. The fraction of sp³-hybridized carbons (Fsp3) is 0.350. The molecule has 3 aromatic rings. The zero-order valence-electron chi connectivity index (χ0n) is 16.5. The summed E-state index contributed by atoms with van der Waals surface area (Å²) in [7, 11) is 1.45. The van der Waals surface area contributed by atoms with E-state index in [0.29, 0.717) is 17.5 Å². The number of nitrogens with zero attached hydrogens (tertiary/aromatic N) is 4. The van der Waals surface area contributed by atoms with Gasteiger partial charge in [0.05, 0.1) is 13.0 Å². The molecule has 0 amide bonds. The van der Waals surface area contributed by atoms with E-state index in [4.69, 9.17) is 9.26 Å². The number of piperidine rings is 1. The molecule has 0 radical (unpaired) electrons. The molecule has 1 aromatic carbocycles. The summed E-state index contributed by atoms with van der Waals surface area (Å²) in [6, 6.07) is 7.49. The van der Waals surface area contributed by atoms with E-state index in [1.165, 1.54) is 31.5 Å². The second kappa shape index (κ2) is 8.40. The van der Waals surface area contributed by atoms with Crippen LogP contribution in [0.15, 0.2) is 41.1 Å². The molecule has 1 fully saturated rings. The molecule has 4 rings (SSSR count). The number of benzene rings is 1. The van der Waals surface area contributed by atoms with Crippen molar-refractivity contribution in [2.45, 2.75) is 19.0 Å². The molecule has 0 aliphatic carbocycles. The van der Waals surface area contributed by atoms with Crippen LogP contribution >= 0.6 is 0 Å². The Morgan fingerprint density at radius 1 is 1.16 bits per heavy atom. The van der Waals surface area contributed by atoms with E-state index in [0.717, 1.165) is 0 Å². The average molecular weight is 437 g/mol. The Morgan fingerprint density at radius 2 is 1.94 bits per heavy atom. The number of aromatic nitrogens is 3. The Kier molecular flexibility index (Phi) is 5.66. The maximum absolute atomic E-state index is 14.2. The molecule has 1 N–H and O–H groups in total. The summed E-state index contributed by atoms with van der Waals surface area (Å²) >= 11 is 0. The van der Waals surface area contributed by atoms with Crippen LogP contribution in [0.4, 0.5) is 35.2 Å². The summed E-state index contributed by atoms with van der Waals surface area (Å²) in [4.78, 5) is 10.2. The highest BCUT2D eigenvalue weighted by Crippen LogP contribution is 2.35. The van der Waals surface area contributed by atoms with E-state index >= 15 is 0 Å². The minimum Gasteiger partial charge on any atom is -0.497 e. The number of hydrogen-bond donors (Lipinski definition) is 1. The number of rotatable bonds is 5. The quantitative estimate of drug-likeness (QED) is 0.575. The summed E-state index contributed by atoms with van der Waals surface area (Å²) < 4.78 is 63.0. The van der Waals surface area contributed by atoms with Crippen molar-refractivity contribution in [3.63, 3.8) is 0 Å². The fourth-order valence-electron chi connectivity index (χ4n) is 3.40. The maximum atomic E-state index is 14.2. The van der Waals surface area contributed by atoms with Crippen LogP contribution in [0.2, 0.25) is 0 Å². The molecule has 0 unspecified atom stereocenters. The molecule has 2 aromatic heterocycles. The first-order chi connectivity index (χ1) is 14.8. The third-order valence-corrected chi connectivity index (χ3v) is 5.10. The molecule has 1 aliphatic heterocycles. The summed E-state index contributed by atoms with van der Waals surface area (Å²) in [5.41, 5.74) is 0.527. The van der Waals surface area contributed by atoms with Gasteiger partial charge in [-0.2, -0.15) is 18.2 Å². The van der Waals surface area contributed by atoms with E-state index in [1.807, 2.05) is 0 Å². The lowest BCUT2D eigenvalue weighted by Gasteiger charge is -2.32. The maximum Gasteiger partial charge on any atom is 0.391 e. The standard InChI is InChI=1S/C20H19F4N5O2/c1-30-13-2-3-14(15(21)10-13)16-11-18(31-28-16)26-17-4-7-25-19(27-17)29-8-5-12(6-9-29)20(22,23)24/h2-4,7,10-12H,5-6,8-9H2,1H3,(H,25,26,27). The zero-order chi connectivity index (χ0) is 22.0. The molecule has 31 heavy (non-hydrogen) atoms. The number of alkyl halides is 3. The van der Waals surface area contributed by atoms with Crippen LogP contribution in [0.5, 0.6) is 5.75 Å². The summed E-state index contributed by atoms with van der Waals surface area (Å²) in [6.07, 6.45) is -2.67. The van der Waals surface area contributed by atoms with Gasteiger partial charge in [-0.05, 0) is 31.0 Å². The van der Waals surface area contributed by atoms with Crippen molar-refractivity contribution >= 4 is 17.7 Å². The molecular formula is C20H19F4N5O2. The van der Waals surface area contributed by atoms with Gasteiger partial charge in [-0.15, -0.1) is 0 Å². The largest absolute Gasteiger partial charge is 0.497 e. The van der Waals surface area contributed by atoms with Crippen molar-refractivity contribution in [2.75, 3.05) is 30.4 Å². The topological polar surface area (TPSA) is 76.3 Å². The van der Waals surface area contributed by atoms with Gasteiger partial charge in [0, 0.05) is 37.0 Å². The van der Waals surface area contributed by atoms with Gasteiger partial charge in [0.15, 0.2) is 0 Å². The number of nitrogens with one attached hydrogen (secondary N) is 1. The minimum absolute atomic E-state index is 0.00338. The van der Waals surface area contributed by atoms with Gasteiger partial charge in [0.1, 0.15) is 23.1 Å². The van der Waals surface area contributed by atoms with Crippen molar-refractivity contribution in [1.29, 1.82) is 0 Å². The van der Waals surface area contributed by atoms with E-state index < -0.39 is 17.9 Å². The molecule has 1 saturated heterocycles. The highest BCUT2D eigenvalue weighted by molar-refractivity contribution is 5.65. The second-order valence-corrected chi connectivity index (χ2v) is 7.09. The zero-order valence-corrected chi connectivity index (χ0v) is 16.5. The predicted molar refractivity (Wildman–Crippen MR) is 105 cm³/mol. The molecular weight excluding hydrogens is 418 g/mol. The van der Waals surface area contributed by atoms with Crippen LogP contribution < -0.4 is 15.0 Å². The number of ether oxygens (including phenoxy) is 1. The van der Waals surface area contributed by atoms with Crippen molar-refractivity contribution in [2.24, 2.45) is 5.92 Å². The smallest absolute Gasteiger partial charge is 0.391 e. The lowest BCUT2D eigenvalue weighted by atomic mass is 9.96. The normalized spacial score (nSPS) is 15.2. The Bertz CT molecular complexity index is 1050. The molecule has 11 heteroatoms. The van der Waals surface area contributed by atoms with Gasteiger partial charge in [-0.3, -0.25) is 0 Å². The third-order valence-electron chi connectivity index (χ3n) is 5.10. The summed E-state index contributed by atoms with van der Waals surface area (Å²) in [5, 5.41) is 6.78. The van der Waals surface area contributed by atoms with Crippen molar-refractivity contribution in [3.05, 3.63) is 42.3 Å². The summed E-state index contributed by atoms with van der Waals surface area (Å²) in [5.74, 6) is -0.490. The Labute approximate surface area is 175 Å². The van der Waals surface area contributed by atoms with Gasteiger partial charge in [-0.1, -0.05) is 5.16 Å². The van der Waals surface area contributed by atoms with Crippen molar-refractivity contribution in [3.8, 4) is 17.0 Å². The van der Waals surface area contributed by atoms with Gasteiger partial charge in [0.2, 0.25) is 11.8 Å². The third kappa shape index (κ3) is 4.70. The molecule has 3 heterocycles. The predicted octanol–water partition coefficient (Wildman–Crippen LogP) is 4.80. The molecule has 0 saturated carbocycles. The number of methoxy groups -OCH3 is 1. The second-order valence-electron chi connectivity index (χ2n) is 7.09. The monoisotopic (exact) mass is 437 g/mol. The first kappa shape index (κ1) is 20.9.